The molecule has 0 fully saturated rings. The Labute approximate surface area is 165 Å². The lowest BCUT2D eigenvalue weighted by Crippen LogP contribution is -2.35. The minimum absolute atomic E-state index is 0.0755. The van der Waals surface area contributed by atoms with Crippen LogP contribution >= 0.6 is 15.9 Å². The van der Waals surface area contributed by atoms with Gasteiger partial charge in [0.1, 0.15) is 5.69 Å². The molecule has 1 N–H and O–H groups in total. The van der Waals surface area contributed by atoms with Crippen molar-refractivity contribution in [2.75, 3.05) is 13.7 Å². The van der Waals surface area contributed by atoms with E-state index in [0.29, 0.717) is 11.3 Å². The first-order chi connectivity index (χ1) is 12.9. The highest BCUT2D eigenvalue weighted by atomic mass is 79.9. The van der Waals surface area contributed by atoms with Gasteiger partial charge in [0.25, 0.3) is 5.91 Å². The molecule has 0 aliphatic carbocycles. The summed E-state index contributed by atoms with van der Waals surface area (Å²) in [7, 11) is 1.25. The van der Waals surface area contributed by atoms with Gasteiger partial charge in [-0.3, -0.25) is 4.79 Å². The van der Waals surface area contributed by atoms with Gasteiger partial charge in [0.15, 0.2) is 6.04 Å². The summed E-state index contributed by atoms with van der Waals surface area (Å²) in [5.74, 6) is -1.67. The molecule has 27 heavy (non-hydrogen) atoms. The van der Waals surface area contributed by atoms with E-state index in [-0.39, 0.29) is 17.9 Å². The summed E-state index contributed by atoms with van der Waals surface area (Å²) in [6.07, 6.45) is 0. The van der Waals surface area contributed by atoms with E-state index in [9.17, 15) is 14.4 Å². The van der Waals surface area contributed by atoms with Gasteiger partial charge in [0.05, 0.1) is 25.0 Å². The topological polar surface area (TPSA) is 94.6 Å². The smallest absolute Gasteiger partial charge is 0.339 e. The van der Waals surface area contributed by atoms with Gasteiger partial charge in [0.2, 0.25) is 0 Å². The van der Waals surface area contributed by atoms with E-state index in [1.165, 1.54) is 19.2 Å². The number of methoxy groups -OCH3 is 1. The molecular weight excluding hydrogens is 416 g/mol. The number of hydrogen-bond donors (Lipinski definition) is 1. The summed E-state index contributed by atoms with van der Waals surface area (Å²) in [6.45, 7) is 3.56. The molecule has 0 spiro atoms. The van der Waals surface area contributed by atoms with Crippen LogP contribution in [0.15, 0.2) is 40.9 Å². The van der Waals surface area contributed by atoms with Crippen molar-refractivity contribution in [1.29, 1.82) is 0 Å². The average molecular weight is 435 g/mol. The number of ether oxygens (including phenoxy) is 2. The van der Waals surface area contributed by atoms with Gasteiger partial charge in [-0.25, -0.2) is 14.6 Å². The second kappa shape index (κ2) is 9.27. The number of carbonyl (C=O) groups excluding carboxylic acids is 3. The number of rotatable bonds is 6. The van der Waals surface area contributed by atoms with Crippen LogP contribution in [0.3, 0.4) is 0 Å². The van der Waals surface area contributed by atoms with Gasteiger partial charge in [-0.05, 0) is 43.7 Å². The average Bonchev–Trinajstić information content (AvgIpc) is 2.66. The molecule has 1 amide bonds. The lowest BCUT2D eigenvalue weighted by atomic mass is 10.1. The minimum atomic E-state index is -0.984. The predicted molar refractivity (Wildman–Crippen MR) is 101 cm³/mol. The molecular formula is C19H19BrN2O5. The van der Waals surface area contributed by atoms with Crippen LogP contribution < -0.4 is 5.32 Å². The molecule has 0 aliphatic rings. The van der Waals surface area contributed by atoms with E-state index in [2.05, 4.69) is 26.2 Å². The number of halogens is 1. The molecule has 7 nitrogen and oxygen atoms in total. The van der Waals surface area contributed by atoms with Crippen LogP contribution in [0.5, 0.6) is 0 Å². The standard InChI is InChI=1S/C19H19BrN2O5/c1-4-27-18(24)14-9-10-15(21-11(14)2)17(23)22-16(19(25)26-3)12-5-7-13(20)8-6-12/h5-10,16H,4H2,1-3H3,(H,22,23). The molecule has 1 unspecified atom stereocenters. The monoisotopic (exact) mass is 434 g/mol. The molecule has 0 aliphatic heterocycles. The number of pyridine rings is 1. The number of benzene rings is 1. The van der Waals surface area contributed by atoms with E-state index < -0.39 is 23.9 Å². The van der Waals surface area contributed by atoms with Gasteiger partial charge in [-0.2, -0.15) is 0 Å². The highest BCUT2D eigenvalue weighted by molar-refractivity contribution is 9.10. The third-order valence-corrected chi connectivity index (χ3v) is 4.26. The van der Waals surface area contributed by atoms with Crippen molar-refractivity contribution < 1.29 is 23.9 Å². The normalized spacial score (nSPS) is 11.4. The summed E-state index contributed by atoms with van der Waals surface area (Å²) in [5.41, 5.74) is 1.29. The molecule has 1 aromatic carbocycles. The Morgan fingerprint density at radius 2 is 1.81 bits per heavy atom. The van der Waals surface area contributed by atoms with Crippen LogP contribution in [0, 0.1) is 6.92 Å². The van der Waals surface area contributed by atoms with Gasteiger partial charge < -0.3 is 14.8 Å². The number of nitrogens with zero attached hydrogens (tertiary/aromatic N) is 1. The summed E-state index contributed by atoms with van der Waals surface area (Å²) in [6, 6.07) is 8.82. The summed E-state index contributed by atoms with van der Waals surface area (Å²) in [4.78, 5) is 40.7. The van der Waals surface area contributed by atoms with Gasteiger partial charge >= 0.3 is 11.9 Å². The van der Waals surface area contributed by atoms with Crippen LogP contribution in [-0.4, -0.2) is 36.5 Å². The second-order valence-corrected chi connectivity index (χ2v) is 6.45. The largest absolute Gasteiger partial charge is 0.467 e. The first-order valence-electron chi connectivity index (χ1n) is 8.16. The Kier molecular flexibility index (Phi) is 7.06. The lowest BCUT2D eigenvalue weighted by Gasteiger charge is -2.17. The maximum atomic E-state index is 12.6. The first-order valence-corrected chi connectivity index (χ1v) is 8.95. The fourth-order valence-corrected chi connectivity index (χ4v) is 2.63. The number of nitrogens with one attached hydrogen (secondary N) is 1. The number of carbonyl (C=O) groups is 3. The predicted octanol–water partition coefficient (Wildman–Crippen LogP) is 2.97. The molecule has 0 radical (unpaired) electrons. The fraction of sp³-hybridized carbons (Fsp3) is 0.263. The van der Waals surface area contributed by atoms with E-state index in [4.69, 9.17) is 9.47 Å². The van der Waals surface area contributed by atoms with Gasteiger partial charge in [-0.1, -0.05) is 28.1 Å². The van der Waals surface area contributed by atoms with Crippen LogP contribution in [0.4, 0.5) is 0 Å². The van der Waals surface area contributed by atoms with Crippen molar-refractivity contribution in [3.05, 3.63) is 63.4 Å². The van der Waals surface area contributed by atoms with E-state index in [1.807, 2.05) is 0 Å². The van der Waals surface area contributed by atoms with Crippen LogP contribution in [-0.2, 0) is 14.3 Å². The molecule has 142 valence electrons. The Balaban J connectivity index is 2.24. The van der Waals surface area contributed by atoms with Gasteiger partial charge in [0, 0.05) is 4.47 Å². The zero-order valence-corrected chi connectivity index (χ0v) is 16.7. The molecule has 0 saturated heterocycles. The third kappa shape index (κ3) is 5.13. The maximum absolute atomic E-state index is 12.6. The van der Waals surface area contributed by atoms with Crippen molar-refractivity contribution in [2.45, 2.75) is 19.9 Å². The Bertz CT molecular complexity index is 852. The van der Waals surface area contributed by atoms with E-state index in [1.54, 1.807) is 38.1 Å². The molecule has 2 aromatic rings. The molecule has 2 rings (SSSR count). The zero-order chi connectivity index (χ0) is 20.0. The second-order valence-electron chi connectivity index (χ2n) is 5.53. The number of amides is 1. The quantitative estimate of drug-likeness (QED) is 0.702. The van der Waals surface area contributed by atoms with Crippen molar-refractivity contribution in [3.8, 4) is 0 Å². The summed E-state index contributed by atoms with van der Waals surface area (Å²) >= 11 is 3.32. The summed E-state index contributed by atoms with van der Waals surface area (Å²) in [5, 5.41) is 2.61. The third-order valence-electron chi connectivity index (χ3n) is 3.73. The SMILES string of the molecule is CCOC(=O)c1ccc(C(=O)NC(C(=O)OC)c2ccc(Br)cc2)nc1C. The molecule has 0 bridgehead atoms. The summed E-state index contributed by atoms with van der Waals surface area (Å²) < 4.78 is 10.6. The lowest BCUT2D eigenvalue weighted by molar-refractivity contribution is -0.143. The Morgan fingerprint density at radius 1 is 1.15 bits per heavy atom. The maximum Gasteiger partial charge on any atom is 0.339 e. The number of aromatic nitrogens is 1. The highest BCUT2D eigenvalue weighted by Gasteiger charge is 2.25. The van der Waals surface area contributed by atoms with Crippen LogP contribution in [0.25, 0.3) is 0 Å². The van der Waals surface area contributed by atoms with Crippen molar-refractivity contribution >= 4 is 33.8 Å². The first kappa shape index (κ1) is 20.6. The van der Waals surface area contributed by atoms with Crippen molar-refractivity contribution in [1.82, 2.24) is 10.3 Å². The van der Waals surface area contributed by atoms with Crippen LogP contribution in [0.2, 0.25) is 0 Å². The Morgan fingerprint density at radius 3 is 2.37 bits per heavy atom. The molecule has 1 heterocycles. The van der Waals surface area contributed by atoms with E-state index in [0.717, 1.165) is 4.47 Å². The Hall–Kier alpha value is -2.74. The minimum Gasteiger partial charge on any atom is -0.467 e. The van der Waals surface area contributed by atoms with Gasteiger partial charge in [-0.15, -0.1) is 0 Å². The highest BCUT2D eigenvalue weighted by Crippen LogP contribution is 2.19. The molecule has 1 atom stereocenters. The number of aryl methyl sites for hydroxylation is 1. The van der Waals surface area contributed by atoms with Crippen molar-refractivity contribution in [3.63, 3.8) is 0 Å². The molecule has 0 saturated carbocycles. The number of hydrogen-bond acceptors (Lipinski definition) is 6. The molecule has 8 heteroatoms. The van der Waals surface area contributed by atoms with Crippen LogP contribution in [0.1, 0.15) is 45.1 Å². The number of esters is 2. The zero-order valence-electron chi connectivity index (χ0n) is 15.1. The van der Waals surface area contributed by atoms with E-state index >= 15 is 0 Å². The fourth-order valence-electron chi connectivity index (χ4n) is 2.37. The van der Waals surface area contributed by atoms with Crippen molar-refractivity contribution in [2.24, 2.45) is 0 Å². The molecule has 1 aromatic heterocycles.